The van der Waals surface area contributed by atoms with Gasteiger partial charge in [0, 0.05) is 6.04 Å². The van der Waals surface area contributed by atoms with Crippen molar-refractivity contribution >= 4 is 17.5 Å². The fourth-order valence-electron chi connectivity index (χ4n) is 0.879. The van der Waals surface area contributed by atoms with Crippen LogP contribution in [-0.2, 0) is 4.79 Å². The third-order valence-corrected chi connectivity index (χ3v) is 3.29. The highest BCUT2D eigenvalue weighted by atomic mass is 35.5. The Kier molecular flexibility index (Phi) is 2.63. The van der Waals surface area contributed by atoms with Gasteiger partial charge in [-0.2, -0.15) is 0 Å². The fraction of sp³-hybridized carbons (Fsp3) is 0.900. The highest BCUT2D eigenvalue weighted by Crippen LogP contribution is 2.42. The summed E-state index contributed by atoms with van der Waals surface area (Å²) in [6.45, 7) is 8.32. The molecule has 1 aliphatic carbocycles. The van der Waals surface area contributed by atoms with Crippen LogP contribution in [0.15, 0.2) is 0 Å². The Labute approximate surface area is 85.0 Å². The summed E-state index contributed by atoms with van der Waals surface area (Å²) in [7, 11) is 0. The van der Waals surface area contributed by atoms with Gasteiger partial charge in [0.25, 0.3) is 0 Å². The van der Waals surface area contributed by atoms with Crippen LogP contribution in [0.4, 0.5) is 0 Å². The molecule has 3 heteroatoms. The smallest absolute Gasteiger partial charge is 0.241 e. The molecule has 1 fully saturated rings. The number of amides is 1. The molecular weight excluding hydrogens is 186 g/mol. The number of rotatable bonds is 2. The van der Waals surface area contributed by atoms with E-state index in [2.05, 4.69) is 26.1 Å². The van der Waals surface area contributed by atoms with E-state index in [4.69, 9.17) is 11.6 Å². The molecule has 1 unspecified atom stereocenters. The largest absolute Gasteiger partial charge is 0.352 e. The topological polar surface area (TPSA) is 29.1 Å². The Bertz CT molecular complexity index is 215. The summed E-state index contributed by atoms with van der Waals surface area (Å²) in [6.07, 6.45) is 1.63. The molecule has 0 saturated heterocycles. The Hall–Kier alpha value is -0.240. The third kappa shape index (κ3) is 2.60. The van der Waals surface area contributed by atoms with Crippen LogP contribution in [0.25, 0.3) is 0 Å². The lowest BCUT2D eigenvalue weighted by Gasteiger charge is -2.28. The molecule has 76 valence electrons. The molecule has 0 radical (unpaired) electrons. The predicted molar refractivity (Wildman–Crippen MR) is 54.9 cm³/mol. The van der Waals surface area contributed by atoms with E-state index in [1.165, 1.54) is 0 Å². The van der Waals surface area contributed by atoms with E-state index in [9.17, 15) is 4.79 Å². The first kappa shape index (κ1) is 10.8. The number of carbonyl (C=O) groups is 1. The number of hydrogen-bond acceptors (Lipinski definition) is 1. The van der Waals surface area contributed by atoms with Gasteiger partial charge in [0.15, 0.2) is 0 Å². The van der Waals surface area contributed by atoms with Crippen molar-refractivity contribution in [2.75, 3.05) is 0 Å². The number of halogens is 1. The maximum absolute atomic E-state index is 11.5. The summed E-state index contributed by atoms with van der Waals surface area (Å²) in [6, 6.07) is 0.163. The standard InChI is InChI=1S/C10H18ClNO/c1-7(9(2,3)4)12-8(13)10(11)5-6-10/h7H,5-6H2,1-4H3,(H,12,13). The van der Waals surface area contributed by atoms with E-state index >= 15 is 0 Å². The Morgan fingerprint density at radius 3 is 2.23 bits per heavy atom. The maximum atomic E-state index is 11.5. The van der Waals surface area contributed by atoms with Crippen LogP contribution < -0.4 is 5.32 Å². The molecule has 1 aliphatic rings. The molecule has 0 heterocycles. The molecule has 2 nitrogen and oxygen atoms in total. The van der Waals surface area contributed by atoms with Crippen LogP contribution in [0.5, 0.6) is 0 Å². The average Bonchev–Trinajstić information content (AvgIpc) is 2.67. The van der Waals surface area contributed by atoms with Gasteiger partial charge in [-0.15, -0.1) is 11.6 Å². The van der Waals surface area contributed by atoms with Crippen molar-refractivity contribution in [2.24, 2.45) is 5.41 Å². The van der Waals surface area contributed by atoms with E-state index in [1.807, 2.05) is 6.92 Å². The minimum atomic E-state index is -0.570. The van der Waals surface area contributed by atoms with E-state index in [1.54, 1.807) is 0 Å². The van der Waals surface area contributed by atoms with Crippen molar-refractivity contribution in [1.82, 2.24) is 5.32 Å². The monoisotopic (exact) mass is 203 g/mol. The van der Waals surface area contributed by atoms with E-state index in [0.29, 0.717) is 0 Å². The van der Waals surface area contributed by atoms with Crippen LogP contribution in [0, 0.1) is 5.41 Å². The van der Waals surface area contributed by atoms with Crippen LogP contribution >= 0.6 is 11.6 Å². The molecule has 0 aliphatic heterocycles. The van der Waals surface area contributed by atoms with Gasteiger partial charge in [-0.3, -0.25) is 4.79 Å². The van der Waals surface area contributed by atoms with Crippen LogP contribution in [-0.4, -0.2) is 16.8 Å². The first-order chi connectivity index (χ1) is 5.76. The molecule has 0 aromatic heterocycles. The SMILES string of the molecule is CC(NC(=O)C1(Cl)CC1)C(C)(C)C. The maximum Gasteiger partial charge on any atom is 0.241 e. The van der Waals surface area contributed by atoms with Crippen molar-refractivity contribution in [2.45, 2.75) is 51.5 Å². The summed E-state index contributed by atoms with van der Waals surface area (Å²) in [5.74, 6) is -0.00316. The molecule has 0 aromatic rings. The van der Waals surface area contributed by atoms with Gasteiger partial charge in [-0.05, 0) is 25.2 Å². The van der Waals surface area contributed by atoms with E-state index in [-0.39, 0.29) is 17.4 Å². The summed E-state index contributed by atoms with van der Waals surface area (Å²) in [5.41, 5.74) is 0.0950. The summed E-state index contributed by atoms with van der Waals surface area (Å²) in [4.78, 5) is 11.0. The molecule has 1 N–H and O–H groups in total. The number of carbonyl (C=O) groups excluding carboxylic acids is 1. The lowest BCUT2D eigenvalue weighted by molar-refractivity contribution is -0.122. The summed E-state index contributed by atoms with van der Waals surface area (Å²) < 4.78 is 0. The second-order valence-corrected chi connectivity index (χ2v) is 5.75. The third-order valence-electron chi connectivity index (χ3n) is 2.74. The molecule has 1 rings (SSSR count). The average molecular weight is 204 g/mol. The van der Waals surface area contributed by atoms with Gasteiger partial charge >= 0.3 is 0 Å². The van der Waals surface area contributed by atoms with Crippen molar-refractivity contribution in [1.29, 1.82) is 0 Å². The number of alkyl halides is 1. The predicted octanol–water partition coefficient (Wildman–Crippen LogP) is 2.31. The molecule has 1 amide bonds. The molecular formula is C10H18ClNO. The van der Waals surface area contributed by atoms with Crippen molar-refractivity contribution < 1.29 is 4.79 Å². The second kappa shape index (κ2) is 3.16. The fourth-order valence-corrected chi connectivity index (χ4v) is 1.03. The van der Waals surface area contributed by atoms with Gasteiger partial charge in [-0.25, -0.2) is 0 Å². The molecule has 0 bridgehead atoms. The van der Waals surface area contributed by atoms with E-state index < -0.39 is 4.87 Å². The van der Waals surface area contributed by atoms with Gasteiger partial charge in [-0.1, -0.05) is 20.8 Å². The lowest BCUT2D eigenvalue weighted by atomic mass is 9.88. The van der Waals surface area contributed by atoms with Crippen LogP contribution in [0.1, 0.15) is 40.5 Å². The minimum Gasteiger partial charge on any atom is -0.352 e. The van der Waals surface area contributed by atoms with Crippen LogP contribution in [0.3, 0.4) is 0 Å². The van der Waals surface area contributed by atoms with Crippen molar-refractivity contribution in [3.63, 3.8) is 0 Å². The lowest BCUT2D eigenvalue weighted by Crippen LogP contribution is -2.45. The highest BCUT2D eigenvalue weighted by Gasteiger charge is 2.48. The summed E-state index contributed by atoms with van der Waals surface area (Å²) in [5, 5.41) is 2.95. The zero-order valence-electron chi connectivity index (χ0n) is 8.78. The highest BCUT2D eigenvalue weighted by molar-refractivity contribution is 6.37. The molecule has 1 saturated carbocycles. The van der Waals surface area contributed by atoms with Gasteiger partial charge in [0.1, 0.15) is 4.87 Å². The van der Waals surface area contributed by atoms with Crippen LogP contribution in [0.2, 0.25) is 0 Å². The number of hydrogen-bond donors (Lipinski definition) is 1. The molecule has 1 atom stereocenters. The molecule has 0 aromatic carbocycles. The number of nitrogens with one attached hydrogen (secondary N) is 1. The van der Waals surface area contributed by atoms with Gasteiger partial charge < -0.3 is 5.32 Å². The summed E-state index contributed by atoms with van der Waals surface area (Å²) >= 11 is 5.98. The van der Waals surface area contributed by atoms with Gasteiger partial charge in [0.05, 0.1) is 0 Å². The van der Waals surface area contributed by atoms with Crippen molar-refractivity contribution in [3.05, 3.63) is 0 Å². The van der Waals surface area contributed by atoms with Crippen molar-refractivity contribution in [3.8, 4) is 0 Å². The van der Waals surface area contributed by atoms with E-state index in [0.717, 1.165) is 12.8 Å². The molecule has 0 spiro atoms. The Morgan fingerprint density at radius 1 is 1.46 bits per heavy atom. The normalized spacial score (nSPS) is 22.2. The first-order valence-electron chi connectivity index (χ1n) is 4.75. The Balaban J connectivity index is 2.45. The minimum absolute atomic E-state index is 0.00316. The van der Waals surface area contributed by atoms with Gasteiger partial charge in [0.2, 0.25) is 5.91 Å². The Morgan fingerprint density at radius 2 is 1.92 bits per heavy atom. The zero-order valence-corrected chi connectivity index (χ0v) is 9.53. The second-order valence-electron chi connectivity index (χ2n) is 5.03. The first-order valence-corrected chi connectivity index (χ1v) is 5.13. The molecule has 13 heavy (non-hydrogen) atoms. The zero-order chi connectivity index (χ0) is 10.3. The quantitative estimate of drug-likeness (QED) is 0.686.